The number of aromatic hydroxyl groups is 1. The molecule has 25 heavy (non-hydrogen) atoms. The Kier molecular flexibility index (Phi) is 5.90. The number of piperazine rings is 1. The lowest BCUT2D eigenvalue weighted by atomic mass is 10.0. The van der Waals surface area contributed by atoms with Gasteiger partial charge in [0, 0.05) is 44.8 Å². The Hall–Kier alpha value is -2.10. The summed E-state index contributed by atoms with van der Waals surface area (Å²) in [6.45, 7) is 10.2. The maximum atomic E-state index is 10.2. The summed E-state index contributed by atoms with van der Waals surface area (Å²) >= 11 is 0. The van der Waals surface area contributed by atoms with Crippen LogP contribution < -0.4 is 0 Å². The Bertz CT molecular complexity index is 716. The minimum absolute atomic E-state index is 0.427. The number of hydrogen-bond donors (Lipinski definition) is 1. The van der Waals surface area contributed by atoms with E-state index in [1.54, 1.807) is 0 Å². The summed E-state index contributed by atoms with van der Waals surface area (Å²) in [7, 11) is 0. The molecule has 3 nitrogen and oxygen atoms in total. The standard InChI is InChI=1S/C22H28N2O/c1-18-15-21(22(25)16-19(18)2)17-24-13-11-23(12-14-24)10-6-9-20-7-4-3-5-8-20/h3-9,15-16,25H,10-14,17H2,1-2H3/b9-6+. The van der Waals surface area contributed by atoms with E-state index in [4.69, 9.17) is 0 Å². The summed E-state index contributed by atoms with van der Waals surface area (Å²) in [5.41, 5.74) is 4.70. The Morgan fingerprint density at radius 1 is 0.920 bits per heavy atom. The van der Waals surface area contributed by atoms with Crippen LogP contribution in [0.3, 0.4) is 0 Å². The Morgan fingerprint density at radius 2 is 1.56 bits per heavy atom. The van der Waals surface area contributed by atoms with Crippen LogP contribution in [0, 0.1) is 13.8 Å². The van der Waals surface area contributed by atoms with E-state index in [-0.39, 0.29) is 0 Å². The summed E-state index contributed by atoms with van der Waals surface area (Å²) in [4.78, 5) is 4.91. The van der Waals surface area contributed by atoms with Crippen molar-refractivity contribution in [3.05, 3.63) is 70.8 Å². The second kappa shape index (κ2) is 8.32. The van der Waals surface area contributed by atoms with Gasteiger partial charge in [-0.2, -0.15) is 0 Å². The van der Waals surface area contributed by atoms with Crippen LogP contribution in [-0.2, 0) is 6.54 Å². The molecule has 0 amide bonds. The van der Waals surface area contributed by atoms with E-state index in [1.165, 1.54) is 11.1 Å². The van der Waals surface area contributed by atoms with Gasteiger partial charge >= 0.3 is 0 Å². The third-order valence-electron chi connectivity index (χ3n) is 5.03. The van der Waals surface area contributed by atoms with Crippen LogP contribution in [0.1, 0.15) is 22.3 Å². The Balaban J connectivity index is 1.47. The van der Waals surface area contributed by atoms with Crippen molar-refractivity contribution >= 4 is 6.08 Å². The zero-order valence-corrected chi connectivity index (χ0v) is 15.3. The van der Waals surface area contributed by atoms with Crippen molar-refractivity contribution in [1.29, 1.82) is 0 Å². The Labute approximate surface area is 151 Å². The molecule has 132 valence electrons. The topological polar surface area (TPSA) is 26.7 Å². The van der Waals surface area contributed by atoms with E-state index in [9.17, 15) is 5.11 Å². The number of phenols is 1. The molecule has 1 N–H and O–H groups in total. The lowest BCUT2D eigenvalue weighted by Gasteiger charge is -2.34. The molecule has 0 aromatic heterocycles. The number of nitrogens with zero attached hydrogens (tertiary/aromatic N) is 2. The number of benzene rings is 2. The predicted molar refractivity (Wildman–Crippen MR) is 105 cm³/mol. The predicted octanol–water partition coefficient (Wildman–Crippen LogP) is 3.84. The van der Waals surface area contributed by atoms with Gasteiger partial charge in [0.1, 0.15) is 5.75 Å². The van der Waals surface area contributed by atoms with Crippen molar-refractivity contribution in [2.45, 2.75) is 20.4 Å². The highest BCUT2D eigenvalue weighted by molar-refractivity contribution is 5.48. The SMILES string of the molecule is Cc1cc(O)c(CN2CCN(C/C=C/c3ccccc3)CC2)cc1C. The molecular formula is C22H28N2O. The second-order valence-corrected chi connectivity index (χ2v) is 6.95. The van der Waals surface area contributed by atoms with Crippen molar-refractivity contribution in [3.63, 3.8) is 0 Å². The minimum Gasteiger partial charge on any atom is -0.508 e. The molecule has 0 saturated carbocycles. The summed E-state index contributed by atoms with van der Waals surface area (Å²) < 4.78 is 0. The van der Waals surface area contributed by atoms with Gasteiger partial charge < -0.3 is 5.11 Å². The van der Waals surface area contributed by atoms with Gasteiger partial charge in [0.2, 0.25) is 0 Å². The van der Waals surface area contributed by atoms with E-state index < -0.39 is 0 Å². The molecule has 0 radical (unpaired) electrons. The van der Waals surface area contributed by atoms with Gasteiger partial charge in [0.25, 0.3) is 0 Å². The van der Waals surface area contributed by atoms with Crippen LogP contribution in [0.4, 0.5) is 0 Å². The van der Waals surface area contributed by atoms with Crippen LogP contribution in [-0.4, -0.2) is 47.6 Å². The van der Waals surface area contributed by atoms with Gasteiger partial charge in [0.05, 0.1) is 0 Å². The molecule has 3 rings (SSSR count). The average molecular weight is 336 g/mol. The summed E-state index contributed by atoms with van der Waals surface area (Å²) in [6, 6.07) is 14.5. The van der Waals surface area contributed by atoms with Gasteiger partial charge in [-0.1, -0.05) is 48.6 Å². The highest BCUT2D eigenvalue weighted by Gasteiger charge is 2.17. The minimum atomic E-state index is 0.427. The molecule has 3 heteroatoms. The van der Waals surface area contributed by atoms with Gasteiger partial charge in [-0.15, -0.1) is 0 Å². The van der Waals surface area contributed by atoms with Gasteiger partial charge in [-0.3, -0.25) is 9.80 Å². The van der Waals surface area contributed by atoms with E-state index in [1.807, 2.05) is 19.1 Å². The smallest absolute Gasteiger partial charge is 0.120 e. The molecule has 0 atom stereocenters. The van der Waals surface area contributed by atoms with Crippen molar-refractivity contribution in [2.24, 2.45) is 0 Å². The number of rotatable bonds is 5. The van der Waals surface area contributed by atoms with Crippen LogP contribution >= 0.6 is 0 Å². The van der Waals surface area contributed by atoms with Gasteiger partial charge in [-0.05, 0) is 36.6 Å². The van der Waals surface area contributed by atoms with E-state index >= 15 is 0 Å². The fourth-order valence-corrected chi connectivity index (χ4v) is 3.26. The first-order valence-corrected chi connectivity index (χ1v) is 9.07. The first-order chi connectivity index (χ1) is 12.1. The third-order valence-corrected chi connectivity index (χ3v) is 5.03. The van der Waals surface area contributed by atoms with E-state index in [2.05, 4.69) is 59.2 Å². The molecule has 0 spiro atoms. The molecular weight excluding hydrogens is 308 g/mol. The van der Waals surface area contributed by atoms with Crippen molar-refractivity contribution in [2.75, 3.05) is 32.7 Å². The van der Waals surface area contributed by atoms with Crippen molar-refractivity contribution in [3.8, 4) is 5.75 Å². The monoisotopic (exact) mass is 336 g/mol. The summed E-state index contributed by atoms with van der Waals surface area (Å²) in [5.74, 6) is 0.427. The third kappa shape index (κ3) is 4.94. The number of phenolic OH excluding ortho intramolecular Hbond substituents is 1. The average Bonchev–Trinajstić information content (AvgIpc) is 2.62. The first-order valence-electron chi connectivity index (χ1n) is 9.07. The fraction of sp³-hybridized carbons (Fsp3) is 0.364. The molecule has 1 saturated heterocycles. The highest BCUT2D eigenvalue weighted by Crippen LogP contribution is 2.23. The maximum Gasteiger partial charge on any atom is 0.120 e. The molecule has 0 aliphatic carbocycles. The maximum absolute atomic E-state index is 10.2. The summed E-state index contributed by atoms with van der Waals surface area (Å²) in [5, 5.41) is 10.2. The number of hydrogen-bond acceptors (Lipinski definition) is 3. The largest absolute Gasteiger partial charge is 0.508 e. The van der Waals surface area contributed by atoms with Crippen molar-refractivity contribution < 1.29 is 5.11 Å². The molecule has 2 aromatic carbocycles. The van der Waals surface area contributed by atoms with Crippen LogP contribution in [0.25, 0.3) is 6.08 Å². The Morgan fingerprint density at radius 3 is 2.28 bits per heavy atom. The molecule has 1 aliphatic rings. The molecule has 1 aliphatic heterocycles. The molecule has 2 aromatic rings. The molecule has 0 bridgehead atoms. The van der Waals surface area contributed by atoms with Gasteiger partial charge in [-0.25, -0.2) is 0 Å². The summed E-state index contributed by atoms with van der Waals surface area (Å²) in [6.07, 6.45) is 4.44. The molecule has 1 fully saturated rings. The number of aryl methyl sites for hydroxylation is 2. The fourth-order valence-electron chi connectivity index (χ4n) is 3.26. The second-order valence-electron chi connectivity index (χ2n) is 6.95. The lowest BCUT2D eigenvalue weighted by molar-refractivity contribution is 0.136. The van der Waals surface area contributed by atoms with Crippen molar-refractivity contribution in [1.82, 2.24) is 9.80 Å². The van der Waals surface area contributed by atoms with Crippen LogP contribution in [0.2, 0.25) is 0 Å². The van der Waals surface area contributed by atoms with Gasteiger partial charge in [0.15, 0.2) is 0 Å². The zero-order valence-electron chi connectivity index (χ0n) is 15.3. The molecule has 1 heterocycles. The van der Waals surface area contributed by atoms with E-state index in [0.29, 0.717) is 5.75 Å². The van der Waals surface area contributed by atoms with E-state index in [0.717, 1.165) is 50.4 Å². The first kappa shape index (κ1) is 17.7. The van der Waals surface area contributed by atoms with Crippen LogP contribution in [0.15, 0.2) is 48.5 Å². The lowest BCUT2D eigenvalue weighted by Crippen LogP contribution is -2.45. The molecule has 0 unspecified atom stereocenters. The highest BCUT2D eigenvalue weighted by atomic mass is 16.3. The normalized spacial score (nSPS) is 16.6. The zero-order chi connectivity index (χ0) is 17.6. The van der Waals surface area contributed by atoms with Crippen LogP contribution in [0.5, 0.6) is 5.75 Å². The quantitative estimate of drug-likeness (QED) is 0.899.